The van der Waals surface area contributed by atoms with Gasteiger partial charge < -0.3 is 49.3 Å². The zero-order valence-corrected chi connectivity index (χ0v) is 38.4. The van der Waals surface area contributed by atoms with Crippen LogP contribution in [0.15, 0.2) is 91.0 Å². The van der Waals surface area contributed by atoms with E-state index in [0.29, 0.717) is 96.3 Å². The van der Waals surface area contributed by atoms with Crippen molar-refractivity contribution in [2.24, 2.45) is 0 Å². The minimum Gasteiger partial charge on any atom is -0.508 e. The Morgan fingerprint density at radius 1 is 0.647 bits per heavy atom. The molecule has 0 saturated carbocycles. The van der Waals surface area contributed by atoms with E-state index in [1.807, 2.05) is 48.5 Å². The lowest BCUT2D eigenvalue weighted by atomic mass is 9.88. The smallest absolute Gasteiger partial charge is 0.264 e. The first-order valence-corrected chi connectivity index (χ1v) is 23.0. The normalized spacial score (nSPS) is 15.0. The first kappa shape index (κ1) is 51.1. The number of halogens is 1. The number of piperidine rings is 1. The van der Waals surface area contributed by atoms with Gasteiger partial charge in [0.1, 0.15) is 29.9 Å². The van der Waals surface area contributed by atoms with Crippen LogP contribution in [0, 0.1) is 0 Å². The minimum atomic E-state index is -1.03. The number of hydrogen-bond acceptors (Lipinski definition) is 14. The molecule has 1 saturated heterocycles. The highest BCUT2D eigenvalue weighted by molar-refractivity contribution is 6.25. The molecule has 2 heterocycles. The number of phenols is 2. The Balaban J connectivity index is 0.747. The Morgan fingerprint density at radius 2 is 1.21 bits per heavy atom. The average Bonchev–Trinajstić information content (AvgIpc) is 3.59. The molecular weight excluding hydrogens is 900 g/mol. The van der Waals surface area contributed by atoms with Crippen LogP contribution < -0.4 is 20.7 Å². The molecule has 18 heteroatoms. The van der Waals surface area contributed by atoms with Crippen molar-refractivity contribution < 1.29 is 62.6 Å². The Hall–Kier alpha value is -6.34. The third-order valence-electron chi connectivity index (χ3n) is 10.8. The summed E-state index contributed by atoms with van der Waals surface area (Å²) in [5.74, 6) is -0.999. The number of fused-ring (bicyclic) bond motifs is 1. The zero-order chi connectivity index (χ0) is 48.1. The first-order valence-electron chi connectivity index (χ1n) is 22.5. The van der Waals surface area contributed by atoms with Gasteiger partial charge in [0.05, 0.1) is 83.7 Å². The maximum atomic E-state index is 13.2. The fourth-order valence-electron chi connectivity index (χ4n) is 7.55. The maximum absolute atomic E-state index is 13.2. The highest BCUT2D eigenvalue weighted by Gasteiger charge is 2.45. The van der Waals surface area contributed by atoms with Gasteiger partial charge in [0.15, 0.2) is 0 Å². The molecule has 0 spiro atoms. The molecule has 0 aliphatic carbocycles. The highest BCUT2D eigenvalue weighted by atomic mass is 35.5. The monoisotopic (exact) mass is 956 g/mol. The third kappa shape index (κ3) is 14.8. The van der Waals surface area contributed by atoms with Crippen LogP contribution in [0.1, 0.15) is 63.1 Å². The molecule has 0 aromatic heterocycles. The second-order valence-electron chi connectivity index (χ2n) is 15.5. The number of amides is 5. The predicted octanol–water partition coefficient (Wildman–Crippen LogP) is 5.17. The lowest BCUT2D eigenvalue weighted by Crippen LogP contribution is -2.54. The largest absolute Gasteiger partial charge is 0.508 e. The van der Waals surface area contributed by atoms with Gasteiger partial charge in [0, 0.05) is 31.0 Å². The molecule has 0 bridgehead atoms. The predicted molar refractivity (Wildman–Crippen MR) is 253 cm³/mol. The number of hydrogen-bond donors (Lipinski definition) is 5. The summed E-state index contributed by atoms with van der Waals surface area (Å²) in [6, 6.07) is 25.5. The third-order valence-corrected chi connectivity index (χ3v) is 11.0. The molecule has 5 amide bonds. The van der Waals surface area contributed by atoms with Gasteiger partial charge in [-0.05, 0) is 89.2 Å². The molecule has 362 valence electrons. The Morgan fingerprint density at radius 3 is 1.79 bits per heavy atom. The van der Waals surface area contributed by atoms with Crippen molar-refractivity contribution in [2.75, 3.05) is 97.0 Å². The van der Waals surface area contributed by atoms with Crippen LogP contribution in [0.3, 0.4) is 0 Å². The molecule has 2 aliphatic rings. The summed E-state index contributed by atoms with van der Waals surface area (Å²) >= 11 is 6.25. The summed E-state index contributed by atoms with van der Waals surface area (Å²) in [5.41, 5.74) is 5.56. The van der Waals surface area contributed by atoms with E-state index in [1.165, 1.54) is 0 Å². The fraction of sp³-hybridized carbons (Fsp3) is 0.380. The van der Waals surface area contributed by atoms with E-state index in [4.69, 9.17) is 40.0 Å². The van der Waals surface area contributed by atoms with E-state index in [-0.39, 0.29) is 61.0 Å². The maximum Gasteiger partial charge on any atom is 0.264 e. The van der Waals surface area contributed by atoms with Crippen LogP contribution in [0.4, 0.5) is 5.69 Å². The summed E-state index contributed by atoms with van der Waals surface area (Å²) in [6.07, 6.45) is 0.923. The highest BCUT2D eigenvalue weighted by Crippen LogP contribution is 2.37. The summed E-state index contributed by atoms with van der Waals surface area (Å²) in [5, 5.41) is 28.0. The number of carbonyl (C=O) groups is 5. The number of imide groups is 2. The molecule has 6 rings (SSSR count). The molecule has 2 aliphatic heterocycles. The number of carbonyl (C=O) groups excluding carboxylic acids is 5. The van der Waals surface area contributed by atoms with Gasteiger partial charge >= 0.3 is 0 Å². The van der Waals surface area contributed by atoms with E-state index in [2.05, 4.69) is 16.0 Å². The molecule has 1 fully saturated rings. The number of nitrogens with zero attached hydrogens (tertiary/aromatic N) is 1. The fourth-order valence-corrected chi connectivity index (χ4v) is 7.74. The molecule has 68 heavy (non-hydrogen) atoms. The summed E-state index contributed by atoms with van der Waals surface area (Å²) in [6.45, 7) is 4.47. The molecule has 0 radical (unpaired) electrons. The number of anilines is 1. The van der Waals surface area contributed by atoms with Crippen LogP contribution in [0.5, 0.6) is 17.2 Å². The van der Waals surface area contributed by atoms with Gasteiger partial charge in [-0.2, -0.15) is 0 Å². The Kier molecular flexibility index (Phi) is 20.2. The van der Waals surface area contributed by atoms with Crippen LogP contribution in [-0.2, 0) is 38.1 Å². The number of nitrogens with one attached hydrogen (secondary N) is 3. The number of alkyl halides is 1. The molecule has 1 unspecified atom stereocenters. The second-order valence-corrected chi connectivity index (χ2v) is 15.9. The Labute approximate surface area is 399 Å². The summed E-state index contributed by atoms with van der Waals surface area (Å²) in [4.78, 5) is 63.3. The molecule has 4 aromatic rings. The van der Waals surface area contributed by atoms with E-state index in [0.717, 1.165) is 32.7 Å². The SMILES string of the molecule is O=C(CCOCCOCCOCCOCCOCCNc1cccc2c1C(=O)N(C1CCC(=O)NC1=O)C2=O)NCCOc1ccc(C(=C(CCCl)c2ccc(O)cc2)c2ccc(O)cc2)cc1. The van der Waals surface area contributed by atoms with E-state index < -0.39 is 29.7 Å². The van der Waals surface area contributed by atoms with Crippen LogP contribution in [-0.4, -0.2) is 142 Å². The van der Waals surface area contributed by atoms with Crippen molar-refractivity contribution in [1.82, 2.24) is 15.5 Å². The van der Waals surface area contributed by atoms with Gasteiger partial charge in [-0.15, -0.1) is 11.6 Å². The molecule has 5 N–H and O–H groups in total. The number of aromatic hydroxyl groups is 2. The molecular formula is C50H57ClN4O13. The first-order chi connectivity index (χ1) is 33.1. The minimum absolute atomic E-state index is 0.0532. The van der Waals surface area contributed by atoms with E-state index in [9.17, 15) is 34.2 Å². The number of rotatable bonds is 29. The lowest BCUT2D eigenvalue weighted by Gasteiger charge is -2.27. The average molecular weight is 957 g/mol. The Bertz CT molecular complexity index is 2340. The van der Waals surface area contributed by atoms with Gasteiger partial charge in [0.25, 0.3) is 11.8 Å². The number of benzene rings is 4. The van der Waals surface area contributed by atoms with E-state index in [1.54, 1.807) is 42.5 Å². The summed E-state index contributed by atoms with van der Waals surface area (Å²) < 4.78 is 33.6. The van der Waals surface area contributed by atoms with E-state index >= 15 is 0 Å². The quantitative estimate of drug-likeness (QED) is 0.0205. The van der Waals surface area contributed by atoms with Crippen molar-refractivity contribution in [1.29, 1.82) is 0 Å². The molecule has 1 atom stereocenters. The number of allylic oxidation sites excluding steroid dienone is 1. The van der Waals surface area contributed by atoms with Gasteiger partial charge in [-0.1, -0.05) is 42.5 Å². The lowest BCUT2D eigenvalue weighted by molar-refractivity contribution is -0.136. The van der Waals surface area contributed by atoms with Crippen molar-refractivity contribution in [2.45, 2.75) is 31.7 Å². The van der Waals surface area contributed by atoms with Crippen molar-refractivity contribution in [3.63, 3.8) is 0 Å². The van der Waals surface area contributed by atoms with Gasteiger partial charge in [0.2, 0.25) is 17.7 Å². The van der Waals surface area contributed by atoms with Crippen LogP contribution in [0.25, 0.3) is 11.1 Å². The molecule has 4 aromatic carbocycles. The topological polar surface area (TPSA) is 221 Å². The summed E-state index contributed by atoms with van der Waals surface area (Å²) in [7, 11) is 0. The van der Waals surface area contributed by atoms with Gasteiger partial charge in [-0.3, -0.25) is 34.2 Å². The van der Waals surface area contributed by atoms with Crippen LogP contribution in [0.2, 0.25) is 0 Å². The van der Waals surface area contributed by atoms with Crippen molar-refractivity contribution in [3.8, 4) is 17.2 Å². The van der Waals surface area contributed by atoms with Gasteiger partial charge in [-0.25, -0.2) is 0 Å². The second kappa shape index (κ2) is 26.9. The number of ether oxygens (including phenoxy) is 6. The standard InChI is InChI=1S/C50H57ClN4O13/c51-20-18-40(34-4-10-37(56)11-5-34)46(35-6-12-38(57)13-7-35)36-8-14-39(15-9-36)68-25-22-53-44(58)19-23-63-26-28-65-30-32-67-33-31-66-29-27-64-24-21-52-42-3-1-2-41-47(42)50(62)55(49(41)61)43-16-17-45(59)54-48(43)60/h1-15,43,52,56-57H,16-33H2,(H,53,58)(H,54,59,60). The number of phenolic OH excluding ortho intramolecular Hbond substituents is 2. The zero-order valence-electron chi connectivity index (χ0n) is 37.7. The van der Waals surface area contributed by atoms with Crippen molar-refractivity contribution in [3.05, 3.63) is 119 Å². The molecule has 17 nitrogen and oxygen atoms in total. The van der Waals surface area contributed by atoms with Crippen LogP contribution >= 0.6 is 11.6 Å². The van der Waals surface area contributed by atoms with Crippen molar-refractivity contribution >= 4 is 58.0 Å².